The number of aliphatic hydroxyl groups is 2. The average Bonchev–Trinajstić information content (AvgIpc) is 2.10. The van der Waals surface area contributed by atoms with Crippen LogP contribution in [0.3, 0.4) is 0 Å². The second-order valence-corrected chi connectivity index (χ2v) is 2.95. The van der Waals surface area contributed by atoms with Crippen molar-refractivity contribution in [3.63, 3.8) is 0 Å². The van der Waals surface area contributed by atoms with Crippen molar-refractivity contribution >= 4 is 0 Å². The number of hydrogen-bond acceptors (Lipinski definition) is 3. The first-order valence-corrected chi connectivity index (χ1v) is 3.63. The summed E-state index contributed by atoms with van der Waals surface area (Å²) < 4.78 is 5.23. The van der Waals surface area contributed by atoms with Crippen molar-refractivity contribution in [3.8, 4) is 0 Å². The van der Waals surface area contributed by atoms with Gasteiger partial charge in [-0.15, -0.1) is 0 Å². The van der Waals surface area contributed by atoms with Gasteiger partial charge in [0.2, 0.25) is 0 Å². The molecule has 0 aromatic rings. The third-order valence-corrected chi connectivity index (χ3v) is 1.82. The zero-order valence-electron chi connectivity index (χ0n) is 6.32. The van der Waals surface area contributed by atoms with Crippen LogP contribution in [0.4, 0.5) is 0 Å². The molecule has 1 rings (SSSR count). The summed E-state index contributed by atoms with van der Waals surface area (Å²) in [4.78, 5) is 0. The van der Waals surface area contributed by atoms with Gasteiger partial charge in [-0.2, -0.15) is 0 Å². The Morgan fingerprint density at radius 1 is 1.60 bits per heavy atom. The maximum absolute atomic E-state index is 9.24. The predicted octanol–water partition coefficient (Wildman–Crippen LogP) is -0.0945. The molecule has 0 aliphatic carbocycles. The lowest BCUT2D eigenvalue weighted by Crippen LogP contribution is -2.32. The number of rotatable bonds is 1. The lowest BCUT2D eigenvalue weighted by atomic mass is 10.1. The fourth-order valence-electron chi connectivity index (χ4n) is 1.32. The van der Waals surface area contributed by atoms with Gasteiger partial charge in [-0.1, -0.05) is 0 Å². The third-order valence-electron chi connectivity index (χ3n) is 1.82. The van der Waals surface area contributed by atoms with Crippen molar-refractivity contribution < 1.29 is 14.9 Å². The van der Waals surface area contributed by atoms with Crippen LogP contribution in [-0.4, -0.2) is 34.6 Å². The molecular weight excluding hydrogens is 132 g/mol. The van der Waals surface area contributed by atoms with Gasteiger partial charge in [0, 0.05) is 6.42 Å². The van der Waals surface area contributed by atoms with Crippen LogP contribution in [0.1, 0.15) is 20.3 Å². The van der Waals surface area contributed by atoms with E-state index in [-0.39, 0.29) is 12.2 Å². The molecule has 4 atom stereocenters. The van der Waals surface area contributed by atoms with Crippen LogP contribution in [0.5, 0.6) is 0 Å². The van der Waals surface area contributed by atoms with Crippen molar-refractivity contribution in [2.24, 2.45) is 0 Å². The standard InChI is InChI=1S/C7H14O3/c1-4-3-6(9)7(10-4)5(2)8/h4-9H,3H2,1-2H3/t4-,5+,6?,7+/m0/s1. The van der Waals surface area contributed by atoms with Gasteiger partial charge in [0.05, 0.1) is 18.3 Å². The molecule has 1 heterocycles. The molecule has 10 heavy (non-hydrogen) atoms. The topological polar surface area (TPSA) is 49.7 Å². The molecule has 0 aromatic carbocycles. The highest BCUT2D eigenvalue weighted by atomic mass is 16.5. The zero-order chi connectivity index (χ0) is 7.72. The SMILES string of the molecule is C[C@H]1CC(O)[C@@H]([C@@H](C)O)O1. The quantitative estimate of drug-likeness (QED) is 0.543. The Morgan fingerprint density at radius 2 is 2.20 bits per heavy atom. The van der Waals surface area contributed by atoms with Crippen LogP contribution in [0.25, 0.3) is 0 Å². The van der Waals surface area contributed by atoms with Crippen molar-refractivity contribution in [1.82, 2.24) is 0 Å². The summed E-state index contributed by atoms with van der Waals surface area (Å²) in [6.45, 7) is 3.53. The molecule has 1 saturated heterocycles. The first-order valence-electron chi connectivity index (χ1n) is 3.63. The highest BCUT2D eigenvalue weighted by Crippen LogP contribution is 2.21. The minimum atomic E-state index is -0.569. The minimum absolute atomic E-state index is 0.0783. The van der Waals surface area contributed by atoms with Crippen LogP contribution < -0.4 is 0 Å². The zero-order valence-corrected chi connectivity index (χ0v) is 6.32. The molecule has 1 aliphatic rings. The van der Waals surface area contributed by atoms with Gasteiger partial charge >= 0.3 is 0 Å². The number of aliphatic hydroxyl groups excluding tert-OH is 2. The van der Waals surface area contributed by atoms with Crippen LogP contribution in [0.15, 0.2) is 0 Å². The smallest absolute Gasteiger partial charge is 0.109 e. The minimum Gasteiger partial charge on any atom is -0.391 e. The van der Waals surface area contributed by atoms with Gasteiger partial charge < -0.3 is 14.9 Å². The molecule has 0 amide bonds. The molecule has 1 aliphatic heterocycles. The number of ether oxygens (including phenoxy) is 1. The fraction of sp³-hybridized carbons (Fsp3) is 1.00. The molecule has 3 heteroatoms. The summed E-state index contributed by atoms with van der Waals surface area (Å²) in [6.07, 6.45) is -0.727. The molecule has 0 radical (unpaired) electrons. The van der Waals surface area contributed by atoms with Crippen molar-refractivity contribution in [1.29, 1.82) is 0 Å². The highest BCUT2D eigenvalue weighted by Gasteiger charge is 2.34. The second-order valence-electron chi connectivity index (χ2n) is 2.95. The van der Waals surface area contributed by atoms with Crippen LogP contribution in [0, 0.1) is 0 Å². The van der Waals surface area contributed by atoms with Gasteiger partial charge in [-0.25, -0.2) is 0 Å². The monoisotopic (exact) mass is 146 g/mol. The maximum atomic E-state index is 9.24. The second kappa shape index (κ2) is 2.86. The Bertz CT molecular complexity index is 113. The van der Waals surface area contributed by atoms with E-state index in [9.17, 15) is 5.11 Å². The Labute approximate surface area is 60.6 Å². The van der Waals surface area contributed by atoms with Gasteiger partial charge in [0.25, 0.3) is 0 Å². The van der Waals surface area contributed by atoms with E-state index in [4.69, 9.17) is 9.84 Å². The molecule has 1 fully saturated rings. The van der Waals surface area contributed by atoms with Crippen LogP contribution >= 0.6 is 0 Å². The predicted molar refractivity (Wildman–Crippen MR) is 36.6 cm³/mol. The summed E-state index contributed by atoms with van der Waals surface area (Å²) in [5.41, 5.74) is 0. The largest absolute Gasteiger partial charge is 0.391 e. The van der Waals surface area contributed by atoms with Crippen molar-refractivity contribution in [2.75, 3.05) is 0 Å². The Morgan fingerprint density at radius 3 is 2.40 bits per heavy atom. The maximum Gasteiger partial charge on any atom is 0.109 e. The van der Waals surface area contributed by atoms with Crippen LogP contribution in [-0.2, 0) is 4.74 Å². The lowest BCUT2D eigenvalue weighted by Gasteiger charge is -2.16. The Balaban J connectivity index is 2.46. The first kappa shape index (κ1) is 7.98. The Hall–Kier alpha value is -0.120. The van der Waals surface area contributed by atoms with E-state index >= 15 is 0 Å². The van der Waals surface area contributed by atoms with E-state index in [0.717, 1.165) is 0 Å². The fourth-order valence-corrected chi connectivity index (χ4v) is 1.32. The van der Waals surface area contributed by atoms with E-state index in [2.05, 4.69) is 0 Å². The van der Waals surface area contributed by atoms with Gasteiger partial charge in [0.15, 0.2) is 0 Å². The molecule has 0 aromatic heterocycles. The van der Waals surface area contributed by atoms with E-state index in [1.807, 2.05) is 6.92 Å². The van der Waals surface area contributed by atoms with E-state index in [1.165, 1.54) is 0 Å². The summed E-state index contributed by atoms with van der Waals surface area (Å²) in [5, 5.41) is 18.3. The summed E-state index contributed by atoms with van der Waals surface area (Å²) in [7, 11) is 0. The average molecular weight is 146 g/mol. The molecule has 0 saturated carbocycles. The first-order chi connectivity index (χ1) is 4.61. The molecule has 3 nitrogen and oxygen atoms in total. The molecule has 0 bridgehead atoms. The van der Waals surface area contributed by atoms with Gasteiger partial charge in [0.1, 0.15) is 6.10 Å². The Kier molecular flexibility index (Phi) is 2.28. The molecule has 60 valence electrons. The van der Waals surface area contributed by atoms with E-state index in [0.29, 0.717) is 6.42 Å². The molecule has 1 unspecified atom stereocenters. The summed E-state index contributed by atoms with van der Waals surface area (Å²) >= 11 is 0. The molecule has 0 spiro atoms. The van der Waals surface area contributed by atoms with E-state index in [1.54, 1.807) is 6.92 Å². The number of hydrogen-bond donors (Lipinski definition) is 2. The third kappa shape index (κ3) is 1.48. The highest BCUT2D eigenvalue weighted by molar-refractivity contribution is 4.82. The van der Waals surface area contributed by atoms with Gasteiger partial charge in [-0.3, -0.25) is 0 Å². The van der Waals surface area contributed by atoms with E-state index < -0.39 is 12.2 Å². The van der Waals surface area contributed by atoms with Gasteiger partial charge in [-0.05, 0) is 13.8 Å². The van der Waals surface area contributed by atoms with Crippen LogP contribution in [0.2, 0.25) is 0 Å². The normalized spacial score (nSPS) is 43.8. The molecule has 2 N–H and O–H groups in total. The van der Waals surface area contributed by atoms with Crippen molar-refractivity contribution in [3.05, 3.63) is 0 Å². The lowest BCUT2D eigenvalue weighted by molar-refractivity contribution is -0.0543. The van der Waals surface area contributed by atoms with Crippen molar-refractivity contribution in [2.45, 2.75) is 44.7 Å². The summed E-state index contributed by atoms with van der Waals surface area (Å²) in [5.74, 6) is 0. The summed E-state index contributed by atoms with van der Waals surface area (Å²) in [6, 6.07) is 0. The molecular formula is C7H14O3.